The fourth-order valence-corrected chi connectivity index (χ4v) is 1.74. The van der Waals surface area contributed by atoms with E-state index < -0.39 is 5.97 Å². The molecule has 0 radical (unpaired) electrons. The van der Waals surface area contributed by atoms with Crippen LogP contribution in [0.1, 0.15) is 16.2 Å². The Bertz CT molecular complexity index is 733. The number of para-hydroxylation sites is 2. The van der Waals surface area contributed by atoms with Gasteiger partial charge >= 0.3 is 5.97 Å². The average Bonchev–Trinajstić information content (AvgIpc) is 2.88. The number of carboxylic acids is 1. The van der Waals surface area contributed by atoms with Crippen molar-refractivity contribution in [1.29, 1.82) is 0 Å². The van der Waals surface area contributed by atoms with Crippen molar-refractivity contribution in [2.75, 3.05) is 0 Å². The molecule has 1 aromatic carbocycles. The zero-order valence-corrected chi connectivity index (χ0v) is 10.3. The van der Waals surface area contributed by atoms with E-state index in [2.05, 4.69) is 9.97 Å². The van der Waals surface area contributed by atoms with Crippen LogP contribution < -0.4 is 4.74 Å². The number of aromatic nitrogens is 2. The van der Waals surface area contributed by atoms with Crippen LogP contribution in [0.2, 0.25) is 0 Å². The number of hydrogen-bond acceptors (Lipinski definition) is 5. The third-order valence-electron chi connectivity index (χ3n) is 2.66. The Hall–Kier alpha value is -2.89. The number of oxazole rings is 1. The summed E-state index contributed by atoms with van der Waals surface area (Å²) < 4.78 is 10.9. The quantitative estimate of drug-likeness (QED) is 0.783. The molecule has 0 aliphatic carbocycles. The lowest BCUT2D eigenvalue weighted by molar-refractivity contribution is 0.0696. The number of nitrogens with zero attached hydrogens (tertiary/aromatic N) is 2. The number of pyridine rings is 1. The highest BCUT2D eigenvalue weighted by Gasteiger charge is 2.08. The molecule has 3 aromatic rings. The Morgan fingerprint density at radius 3 is 2.95 bits per heavy atom. The van der Waals surface area contributed by atoms with E-state index in [4.69, 9.17) is 14.3 Å². The van der Waals surface area contributed by atoms with Crippen molar-refractivity contribution in [3.05, 3.63) is 54.2 Å². The maximum atomic E-state index is 10.8. The zero-order valence-electron chi connectivity index (χ0n) is 10.3. The van der Waals surface area contributed by atoms with Gasteiger partial charge in [0.15, 0.2) is 12.2 Å². The largest absolute Gasteiger partial charge is 0.482 e. The SMILES string of the molecule is O=C(O)c1cncc(OCc2nc3ccccc3o2)c1. The normalized spacial score (nSPS) is 10.6. The summed E-state index contributed by atoms with van der Waals surface area (Å²) in [6, 6.07) is 8.79. The van der Waals surface area contributed by atoms with Crippen molar-refractivity contribution in [2.45, 2.75) is 6.61 Å². The van der Waals surface area contributed by atoms with Crippen LogP contribution in [-0.4, -0.2) is 21.0 Å². The topological polar surface area (TPSA) is 85.5 Å². The van der Waals surface area contributed by atoms with E-state index in [9.17, 15) is 4.79 Å². The van der Waals surface area contributed by atoms with Crippen LogP contribution in [0.3, 0.4) is 0 Å². The molecule has 0 amide bonds. The maximum absolute atomic E-state index is 10.8. The molecular weight excluding hydrogens is 260 g/mol. The lowest BCUT2D eigenvalue weighted by Gasteiger charge is -2.03. The number of fused-ring (bicyclic) bond motifs is 1. The highest BCUT2D eigenvalue weighted by atomic mass is 16.5. The average molecular weight is 270 g/mol. The molecule has 1 N–H and O–H groups in total. The molecular formula is C14H10N2O4. The molecule has 0 saturated carbocycles. The maximum Gasteiger partial charge on any atom is 0.337 e. The van der Waals surface area contributed by atoms with Crippen LogP contribution in [0, 0.1) is 0 Å². The van der Waals surface area contributed by atoms with Crippen LogP contribution in [0.15, 0.2) is 47.1 Å². The van der Waals surface area contributed by atoms with Gasteiger partial charge < -0.3 is 14.3 Å². The minimum atomic E-state index is -1.05. The number of rotatable bonds is 4. The molecule has 0 aliphatic rings. The minimum Gasteiger partial charge on any atom is -0.482 e. The molecule has 6 nitrogen and oxygen atoms in total. The number of benzene rings is 1. The van der Waals surface area contributed by atoms with Crippen LogP contribution in [-0.2, 0) is 6.61 Å². The molecule has 0 saturated heterocycles. The highest BCUT2D eigenvalue weighted by molar-refractivity contribution is 5.87. The fourth-order valence-electron chi connectivity index (χ4n) is 1.74. The minimum absolute atomic E-state index is 0.0695. The number of aromatic carboxylic acids is 1. The molecule has 0 fully saturated rings. The Labute approximate surface area is 113 Å². The van der Waals surface area contributed by atoms with Crippen molar-refractivity contribution in [1.82, 2.24) is 9.97 Å². The predicted octanol–water partition coefficient (Wildman–Crippen LogP) is 2.50. The number of hydrogen-bond donors (Lipinski definition) is 1. The first kappa shape index (κ1) is 12.2. The summed E-state index contributed by atoms with van der Waals surface area (Å²) in [4.78, 5) is 18.9. The van der Waals surface area contributed by atoms with Crippen LogP contribution in [0.5, 0.6) is 5.75 Å². The van der Waals surface area contributed by atoms with Gasteiger partial charge in [0.1, 0.15) is 11.3 Å². The second kappa shape index (κ2) is 5.00. The lowest BCUT2D eigenvalue weighted by Crippen LogP contribution is -2.00. The van der Waals surface area contributed by atoms with Gasteiger partial charge in [0, 0.05) is 6.20 Å². The molecule has 0 aliphatic heterocycles. The molecule has 0 bridgehead atoms. The molecule has 2 aromatic heterocycles. The van der Waals surface area contributed by atoms with E-state index in [0.717, 1.165) is 5.52 Å². The summed E-state index contributed by atoms with van der Waals surface area (Å²) in [5.41, 5.74) is 1.51. The Balaban J connectivity index is 1.75. The van der Waals surface area contributed by atoms with Gasteiger partial charge in [-0.1, -0.05) is 12.1 Å². The van der Waals surface area contributed by atoms with E-state index in [0.29, 0.717) is 17.2 Å². The van der Waals surface area contributed by atoms with Crippen LogP contribution in [0.4, 0.5) is 0 Å². The van der Waals surface area contributed by atoms with Gasteiger partial charge in [-0.05, 0) is 18.2 Å². The highest BCUT2D eigenvalue weighted by Crippen LogP contribution is 2.17. The standard InChI is InChI=1S/C14H10N2O4/c17-14(18)9-5-10(7-15-6-9)19-8-13-16-11-3-1-2-4-12(11)20-13/h1-7H,8H2,(H,17,18). The molecule has 2 heterocycles. The Kier molecular flexibility index (Phi) is 3.04. The summed E-state index contributed by atoms with van der Waals surface area (Å²) >= 11 is 0. The molecule has 3 rings (SSSR count). The molecule has 0 unspecified atom stereocenters. The van der Waals surface area contributed by atoms with Crippen molar-refractivity contribution in [2.24, 2.45) is 0 Å². The number of ether oxygens (including phenoxy) is 1. The first-order chi connectivity index (χ1) is 9.72. The molecule has 0 atom stereocenters. The molecule has 0 spiro atoms. The van der Waals surface area contributed by atoms with E-state index >= 15 is 0 Å². The van der Waals surface area contributed by atoms with Crippen molar-refractivity contribution in [3.63, 3.8) is 0 Å². The van der Waals surface area contributed by atoms with Gasteiger partial charge in [-0.15, -0.1) is 0 Å². The Morgan fingerprint density at radius 1 is 1.30 bits per heavy atom. The first-order valence-electron chi connectivity index (χ1n) is 5.88. The van der Waals surface area contributed by atoms with Crippen molar-refractivity contribution in [3.8, 4) is 5.75 Å². The summed E-state index contributed by atoms with van der Waals surface area (Å²) in [6.45, 7) is 0.111. The third kappa shape index (κ3) is 2.44. The monoisotopic (exact) mass is 270 g/mol. The van der Waals surface area contributed by atoms with E-state index in [1.165, 1.54) is 18.5 Å². The number of carboxylic acid groups (broad SMARTS) is 1. The van der Waals surface area contributed by atoms with Gasteiger partial charge in [0.25, 0.3) is 0 Å². The lowest BCUT2D eigenvalue weighted by atomic mass is 10.3. The third-order valence-corrected chi connectivity index (χ3v) is 2.66. The van der Waals surface area contributed by atoms with Gasteiger partial charge in [0.05, 0.1) is 11.8 Å². The molecule has 100 valence electrons. The summed E-state index contributed by atoms with van der Waals surface area (Å²) in [5, 5.41) is 8.86. The number of carbonyl (C=O) groups is 1. The summed E-state index contributed by atoms with van der Waals surface area (Å²) in [5.74, 6) is -0.274. The van der Waals surface area contributed by atoms with E-state index in [1.807, 2.05) is 24.3 Å². The summed E-state index contributed by atoms with van der Waals surface area (Å²) in [6.07, 6.45) is 2.70. The van der Waals surface area contributed by atoms with Gasteiger partial charge in [0.2, 0.25) is 5.89 Å². The van der Waals surface area contributed by atoms with Crippen molar-refractivity contribution < 1.29 is 19.1 Å². The molecule has 6 heteroatoms. The second-order valence-electron chi connectivity index (χ2n) is 4.08. The Morgan fingerprint density at radius 2 is 2.15 bits per heavy atom. The van der Waals surface area contributed by atoms with Crippen LogP contribution >= 0.6 is 0 Å². The zero-order chi connectivity index (χ0) is 13.9. The van der Waals surface area contributed by atoms with Crippen molar-refractivity contribution >= 4 is 17.1 Å². The van der Waals surface area contributed by atoms with Gasteiger partial charge in [-0.2, -0.15) is 0 Å². The van der Waals surface area contributed by atoms with E-state index in [1.54, 1.807) is 0 Å². The second-order valence-corrected chi connectivity index (χ2v) is 4.08. The summed E-state index contributed by atoms with van der Waals surface area (Å²) in [7, 11) is 0. The molecule has 20 heavy (non-hydrogen) atoms. The first-order valence-corrected chi connectivity index (χ1v) is 5.88. The predicted molar refractivity (Wildman–Crippen MR) is 69.5 cm³/mol. The fraction of sp³-hybridized carbons (Fsp3) is 0.0714. The smallest absolute Gasteiger partial charge is 0.337 e. The van der Waals surface area contributed by atoms with Gasteiger partial charge in [-0.3, -0.25) is 4.98 Å². The van der Waals surface area contributed by atoms with E-state index in [-0.39, 0.29) is 12.2 Å². The van der Waals surface area contributed by atoms with Gasteiger partial charge in [-0.25, -0.2) is 9.78 Å². The van der Waals surface area contributed by atoms with Crippen LogP contribution in [0.25, 0.3) is 11.1 Å².